The van der Waals surface area contributed by atoms with Gasteiger partial charge in [-0.1, -0.05) is 23.7 Å². The van der Waals surface area contributed by atoms with Crippen LogP contribution in [0.25, 0.3) is 0 Å². The third kappa shape index (κ3) is 2.43. The van der Waals surface area contributed by atoms with Gasteiger partial charge in [-0.3, -0.25) is 4.79 Å². The van der Waals surface area contributed by atoms with Crippen LogP contribution in [0.2, 0.25) is 5.02 Å². The Morgan fingerprint density at radius 1 is 1.38 bits per heavy atom. The number of nitrogens with one attached hydrogen (secondary N) is 1. The number of rotatable bonds is 2. The van der Waals surface area contributed by atoms with Crippen LogP contribution in [0.15, 0.2) is 35.7 Å². The average Bonchev–Trinajstić information content (AvgIpc) is 2.77. The number of hydrogen-bond donors (Lipinski definition) is 1. The number of aryl methyl sites for hydroxylation is 1. The third-order valence-corrected chi connectivity index (χ3v) is 3.45. The summed E-state index contributed by atoms with van der Waals surface area (Å²) in [4.78, 5) is 12.4. The minimum absolute atomic E-state index is 0.102. The van der Waals surface area contributed by atoms with Gasteiger partial charge in [-0.2, -0.15) is 0 Å². The number of carbonyl (C=O) groups is 1. The van der Waals surface area contributed by atoms with E-state index in [0.29, 0.717) is 15.6 Å². The smallest absolute Gasteiger partial charge is 0.265 e. The Bertz CT molecular complexity index is 508. The molecule has 16 heavy (non-hydrogen) atoms. The van der Waals surface area contributed by atoms with Gasteiger partial charge in [-0.25, -0.2) is 0 Å². The van der Waals surface area contributed by atoms with Crippen molar-refractivity contribution in [2.24, 2.45) is 0 Å². The van der Waals surface area contributed by atoms with Crippen LogP contribution < -0.4 is 5.32 Å². The van der Waals surface area contributed by atoms with E-state index in [1.54, 1.807) is 12.1 Å². The lowest BCUT2D eigenvalue weighted by atomic mass is 10.2. The molecule has 0 atom stereocenters. The molecule has 4 heteroatoms. The van der Waals surface area contributed by atoms with E-state index in [0.717, 1.165) is 5.56 Å². The van der Waals surface area contributed by atoms with Crippen molar-refractivity contribution >= 4 is 34.5 Å². The number of halogens is 1. The van der Waals surface area contributed by atoms with Gasteiger partial charge in [0.25, 0.3) is 5.91 Å². The van der Waals surface area contributed by atoms with Crippen LogP contribution in [-0.2, 0) is 0 Å². The first-order valence-corrected chi connectivity index (χ1v) is 6.03. The molecule has 0 aliphatic carbocycles. The van der Waals surface area contributed by atoms with E-state index < -0.39 is 0 Å². The van der Waals surface area contributed by atoms with Crippen molar-refractivity contribution in [2.75, 3.05) is 5.32 Å². The fourth-order valence-electron chi connectivity index (χ4n) is 1.27. The second-order valence-corrected chi connectivity index (χ2v) is 4.75. The molecule has 1 aromatic carbocycles. The normalized spacial score (nSPS) is 10.1. The molecule has 0 aliphatic heterocycles. The quantitative estimate of drug-likeness (QED) is 0.860. The molecule has 0 saturated carbocycles. The second-order valence-electron chi connectivity index (χ2n) is 3.40. The summed E-state index contributed by atoms with van der Waals surface area (Å²) in [5, 5.41) is 5.33. The summed E-state index contributed by atoms with van der Waals surface area (Å²) < 4.78 is 0. The zero-order valence-corrected chi connectivity index (χ0v) is 10.2. The first-order chi connectivity index (χ1) is 7.66. The number of thiophene rings is 1. The standard InChI is InChI=1S/C12H10ClNOS/c1-8-4-5-9(7-10(8)13)14-12(15)11-3-2-6-16-11/h2-7H,1H3,(H,14,15). The van der Waals surface area contributed by atoms with Crippen LogP contribution in [0.5, 0.6) is 0 Å². The molecule has 2 aromatic rings. The highest BCUT2D eigenvalue weighted by Crippen LogP contribution is 2.21. The molecule has 2 nitrogen and oxygen atoms in total. The van der Waals surface area contributed by atoms with Gasteiger partial charge < -0.3 is 5.32 Å². The lowest BCUT2D eigenvalue weighted by molar-refractivity contribution is 0.103. The predicted octanol–water partition coefficient (Wildman–Crippen LogP) is 3.96. The summed E-state index contributed by atoms with van der Waals surface area (Å²) >= 11 is 7.39. The van der Waals surface area contributed by atoms with Gasteiger partial charge in [-0.15, -0.1) is 11.3 Å². The van der Waals surface area contributed by atoms with Crippen LogP contribution >= 0.6 is 22.9 Å². The molecule has 0 unspecified atom stereocenters. The van der Waals surface area contributed by atoms with E-state index in [1.165, 1.54) is 11.3 Å². The average molecular weight is 252 g/mol. The first-order valence-electron chi connectivity index (χ1n) is 4.78. The van der Waals surface area contributed by atoms with Gasteiger partial charge in [0.2, 0.25) is 0 Å². The Kier molecular flexibility index (Phi) is 3.27. The molecule has 1 N–H and O–H groups in total. The summed E-state index contributed by atoms with van der Waals surface area (Å²) in [6.45, 7) is 1.92. The summed E-state index contributed by atoms with van der Waals surface area (Å²) in [7, 11) is 0. The lowest BCUT2D eigenvalue weighted by Gasteiger charge is -2.05. The van der Waals surface area contributed by atoms with Gasteiger partial charge in [0.05, 0.1) is 4.88 Å². The van der Waals surface area contributed by atoms with Gasteiger partial charge in [0.15, 0.2) is 0 Å². The SMILES string of the molecule is Cc1ccc(NC(=O)c2cccs2)cc1Cl. The van der Waals surface area contributed by atoms with E-state index in [1.807, 2.05) is 30.5 Å². The van der Waals surface area contributed by atoms with Crippen molar-refractivity contribution in [2.45, 2.75) is 6.92 Å². The molecular weight excluding hydrogens is 242 g/mol. The van der Waals surface area contributed by atoms with E-state index in [-0.39, 0.29) is 5.91 Å². The first kappa shape index (κ1) is 11.2. The molecule has 0 saturated heterocycles. The molecule has 82 valence electrons. The molecule has 1 heterocycles. The van der Waals surface area contributed by atoms with Gasteiger partial charge in [-0.05, 0) is 36.1 Å². The largest absolute Gasteiger partial charge is 0.321 e. The summed E-state index contributed by atoms with van der Waals surface area (Å²) in [5.74, 6) is -0.102. The fourth-order valence-corrected chi connectivity index (χ4v) is 2.07. The van der Waals surface area contributed by atoms with Crippen molar-refractivity contribution in [1.29, 1.82) is 0 Å². The molecule has 0 radical (unpaired) electrons. The number of anilines is 1. The highest BCUT2D eigenvalue weighted by Gasteiger charge is 2.07. The molecule has 0 aliphatic rings. The van der Waals surface area contributed by atoms with Crippen LogP contribution in [0.1, 0.15) is 15.2 Å². The van der Waals surface area contributed by atoms with Crippen LogP contribution in [0.3, 0.4) is 0 Å². The number of hydrogen-bond acceptors (Lipinski definition) is 2. The predicted molar refractivity (Wildman–Crippen MR) is 68.5 cm³/mol. The van der Waals surface area contributed by atoms with Crippen molar-refractivity contribution < 1.29 is 4.79 Å². The zero-order chi connectivity index (χ0) is 11.5. The van der Waals surface area contributed by atoms with E-state index in [9.17, 15) is 4.79 Å². The maximum Gasteiger partial charge on any atom is 0.265 e. The van der Waals surface area contributed by atoms with Crippen molar-refractivity contribution in [3.05, 3.63) is 51.2 Å². The summed E-state index contributed by atoms with van der Waals surface area (Å²) in [5.41, 5.74) is 1.71. The Hall–Kier alpha value is -1.32. The maximum absolute atomic E-state index is 11.7. The van der Waals surface area contributed by atoms with Crippen LogP contribution in [0, 0.1) is 6.92 Å². The topological polar surface area (TPSA) is 29.1 Å². The van der Waals surface area contributed by atoms with E-state index in [4.69, 9.17) is 11.6 Å². The van der Waals surface area contributed by atoms with Crippen molar-refractivity contribution in [1.82, 2.24) is 0 Å². The molecule has 1 aromatic heterocycles. The minimum atomic E-state index is -0.102. The van der Waals surface area contributed by atoms with Gasteiger partial charge in [0, 0.05) is 10.7 Å². The Morgan fingerprint density at radius 2 is 2.19 bits per heavy atom. The van der Waals surface area contributed by atoms with Crippen LogP contribution in [0.4, 0.5) is 5.69 Å². The second kappa shape index (κ2) is 4.68. The Labute approximate surface area is 103 Å². The monoisotopic (exact) mass is 251 g/mol. The minimum Gasteiger partial charge on any atom is -0.321 e. The van der Waals surface area contributed by atoms with E-state index >= 15 is 0 Å². The maximum atomic E-state index is 11.7. The molecule has 1 amide bonds. The fraction of sp³-hybridized carbons (Fsp3) is 0.0833. The van der Waals surface area contributed by atoms with Crippen molar-refractivity contribution in [3.63, 3.8) is 0 Å². The zero-order valence-electron chi connectivity index (χ0n) is 8.66. The Morgan fingerprint density at radius 3 is 2.81 bits per heavy atom. The van der Waals surface area contributed by atoms with Crippen molar-refractivity contribution in [3.8, 4) is 0 Å². The highest BCUT2D eigenvalue weighted by atomic mass is 35.5. The lowest BCUT2D eigenvalue weighted by Crippen LogP contribution is -2.09. The molecular formula is C12H10ClNOS. The van der Waals surface area contributed by atoms with Gasteiger partial charge >= 0.3 is 0 Å². The number of carbonyl (C=O) groups excluding carboxylic acids is 1. The summed E-state index contributed by atoms with van der Waals surface area (Å²) in [6, 6.07) is 9.11. The Balaban J connectivity index is 2.15. The van der Waals surface area contributed by atoms with Crippen LogP contribution in [-0.4, -0.2) is 5.91 Å². The van der Waals surface area contributed by atoms with E-state index in [2.05, 4.69) is 5.32 Å². The van der Waals surface area contributed by atoms with Gasteiger partial charge in [0.1, 0.15) is 0 Å². The third-order valence-electron chi connectivity index (χ3n) is 2.17. The molecule has 0 fully saturated rings. The molecule has 0 bridgehead atoms. The number of benzene rings is 1. The molecule has 2 rings (SSSR count). The summed E-state index contributed by atoms with van der Waals surface area (Å²) in [6.07, 6.45) is 0. The molecule has 0 spiro atoms. The number of amides is 1. The highest BCUT2D eigenvalue weighted by molar-refractivity contribution is 7.12.